The molecular formula is C10H21BrO. The second-order valence-electron chi connectivity index (χ2n) is 3.11. The maximum Gasteiger partial charge on any atom is 0.0575 e. The van der Waals surface area contributed by atoms with Crippen LogP contribution in [-0.2, 0) is 4.74 Å². The monoisotopic (exact) mass is 236 g/mol. The third-order valence-corrected chi connectivity index (χ3v) is 2.39. The fourth-order valence-electron chi connectivity index (χ4n) is 1.22. The fourth-order valence-corrected chi connectivity index (χ4v) is 1.55. The summed E-state index contributed by atoms with van der Waals surface area (Å²) >= 11 is 3.44. The molecule has 0 aliphatic carbocycles. The summed E-state index contributed by atoms with van der Waals surface area (Å²) in [7, 11) is 0. The van der Waals surface area contributed by atoms with Crippen molar-refractivity contribution in [1.82, 2.24) is 0 Å². The van der Waals surface area contributed by atoms with E-state index in [0.717, 1.165) is 18.4 Å². The summed E-state index contributed by atoms with van der Waals surface area (Å²) in [4.78, 5) is 0. The number of halogens is 1. The second kappa shape index (κ2) is 9.53. The minimum atomic E-state index is 0.507. The van der Waals surface area contributed by atoms with E-state index in [1.54, 1.807) is 0 Å². The molecule has 0 N–H and O–H groups in total. The summed E-state index contributed by atoms with van der Waals surface area (Å²) in [6, 6.07) is 0. The van der Waals surface area contributed by atoms with Gasteiger partial charge in [0, 0.05) is 11.9 Å². The Hall–Kier alpha value is 0.440. The molecule has 0 aromatic carbocycles. The zero-order valence-electron chi connectivity index (χ0n) is 8.31. The maximum atomic E-state index is 5.71. The molecular weight excluding hydrogens is 216 g/mol. The van der Waals surface area contributed by atoms with Crippen molar-refractivity contribution in [2.45, 2.75) is 52.1 Å². The van der Waals surface area contributed by atoms with Gasteiger partial charge in [0.2, 0.25) is 0 Å². The Morgan fingerprint density at radius 1 is 1.17 bits per heavy atom. The third kappa shape index (κ3) is 7.11. The van der Waals surface area contributed by atoms with Crippen molar-refractivity contribution in [3.05, 3.63) is 0 Å². The molecule has 1 unspecified atom stereocenters. The molecule has 0 aliphatic rings. The molecule has 0 fully saturated rings. The summed E-state index contributed by atoms with van der Waals surface area (Å²) in [6.45, 7) is 5.30. The molecule has 1 atom stereocenters. The van der Waals surface area contributed by atoms with Crippen molar-refractivity contribution in [3.8, 4) is 0 Å². The normalized spacial score (nSPS) is 13.2. The van der Waals surface area contributed by atoms with Gasteiger partial charge >= 0.3 is 0 Å². The molecule has 0 spiro atoms. The van der Waals surface area contributed by atoms with Gasteiger partial charge in [-0.2, -0.15) is 0 Å². The van der Waals surface area contributed by atoms with E-state index in [0.29, 0.717) is 6.10 Å². The van der Waals surface area contributed by atoms with Crippen LogP contribution in [0.25, 0.3) is 0 Å². The first kappa shape index (κ1) is 12.4. The number of hydrogen-bond acceptors (Lipinski definition) is 1. The standard InChI is InChI=1S/C10H21BrO/c1-3-6-10(7-5-8-11)12-9-4-2/h10H,3-9H2,1-2H3. The Morgan fingerprint density at radius 2 is 1.92 bits per heavy atom. The van der Waals surface area contributed by atoms with Crippen LogP contribution in [0.4, 0.5) is 0 Å². The average molecular weight is 237 g/mol. The molecule has 0 bridgehead atoms. The SMILES string of the molecule is CCCOC(CCC)CCCBr. The zero-order chi connectivity index (χ0) is 9.23. The highest BCUT2D eigenvalue weighted by Crippen LogP contribution is 2.10. The van der Waals surface area contributed by atoms with Crippen LogP contribution in [0.3, 0.4) is 0 Å². The highest BCUT2D eigenvalue weighted by Gasteiger charge is 2.05. The lowest BCUT2D eigenvalue weighted by Gasteiger charge is -2.15. The van der Waals surface area contributed by atoms with Gasteiger partial charge in [-0.15, -0.1) is 0 Å². The molecule has 0 saturated heterocycles. The van der Waals surface area contributed by atoms with E-state index in [4.69, 9.17) is 4.74 Å². The van der Waals surface area contributed by atoms with Crippen LogP contribution in [0.1, 0.15) is 46.0 Å². The molecule has 0 aromatic rings. The van der Waals surface area contributed by atoms with Crippen molar-refractivity contribution >= 4 is 15.9 Å². The predicted octanol–water partition coefficient (Wildman–Crippen LogP) is 3.76. The topological polar surface area (TPSA) is 9.23 Å². The third-order valence-electron chi connectivity index (χ3n) is 1.83. The van der Waals surface area contributed by atoms with E-state index in [2.05, 4.69) is 29.8 Å². The Labute approximate surface area is 85.0 Å². The van der Waals surface area contributed by atoms with Crippen LogP contribution >= 0.6 is 15.9 Å². The largest absolute Gasteiger partial charge is 0.378 e. The van der Waals surface area contributed by atoms with Crippen LogP contribution < -0.4 is 0 Å². The zero-order valence-corrected chi connectivity index (χ0v) is 9.90. The van der Waals surface area contributed by atoms with Gasteiger partial charge in [0.1, 0.15) is 0 Å². The molecule has 0 heterocycles. The van der Waals surface area contributed by atoms with Crippen LogP contribution in [0.15, 0.2) is 0 Å². The summed E-state index contributed by atoms with van der Waals surface area (Å²) < 4.78 is 5.71. The summed E-state index contributed by atoms with van der Waals surface area (Å²) in [5, 5.41) is 1.10. The maximum absolute atomic E-state index is 5.71. The lowest BCUT2D eigenvalue weighted by atomic mass is 10.1. The number of ether oxygens (including phenoxy) is 1. The van der Waals surface area contributed by atoms with Crippen LogP contribution in [-0.4, -0.2) is 18.0 Å². The molecule has 12 heavy (non-hydrogen) atoms. The van der Waals surface area contributed by atoms with Crippen molar-refractivity contribution in [2.75, 3.05) is 11.9 Å². The first-order valence-electron chi connectivity index (χ1n) is 5.02. The highest BCUT2D eigenvalue weighted by molar-refractivity contribution is 9.09. The van der Waals surface area contributed by atoms with Gasteiger partial charge in [-0.1, -0.05) is 36.2 Å². The lowest BCUT2D eigenvalue weighted by Crippen LogP contribution is -2.13. The van der Waals surface area contributed by atoms with Crippen molar-refractivity contribution in [3.63, 3.8) is 0 Å². The van der Waals surface area contributed by atoms with Gasteiger partial charge in [0.15, 0.2) is 0 Å². The Bertz CT molecular complexity index is 77.9. The summed E-state index contributed by atoms with van der Waals surface area (Å²) in [5.41, 5.74) is 0. The first-order chi connectivity index (χ1) is 5.85. The fraction of sp³-hybridized carbons (Fsp3) is 1.00. The molecule has 2 heteroatoms. The molecule has 0 aliphatic heterocycles. The molecule has 0 amide bonds. The minimum Gasteiger partial charge on any atom is -0.378 e. The van der Waals surface area contributed by atoms with Gasteiger partial charge in [-0.25, -0.2) is 0 Å². The quantitative estimate of drug-likeness (QED) is 0.584. The van der Waals surface area contributed by atoms with Gasteiger partial charge in [0.05, 0.1) is 6.10 Å². The van der Waals surface area contributed by atoms with Crippen LogP contribution in [0.5, 0.6) is 0 Å². The van der Waals surface area contributed by atoms with Gasteiger partial charge in [-0.05, 0) is 25.7 Å². The molecule has 1 nitrogen and oxygen atoms in total. The molecule has 0 aromatic heterocycles. The average Bonchev–Trinajstić information content (AvgIpc) is 2.10. The van der Waals surface area contributed by atoms with E-state index in [9.17, 15) is 0 Å². The van der Waals surface area contributed by atoms with E-state index in [-0.39, 0.29) is 0 Å². The summed E-state index contributed by atoms with van der Waals surface area (Å²) in [6.07, 6.45) is 6.53. The summed E-state index contributed by atoms with van der Waals surface area (Å²) in [5.74, 6) is 0. The predicted molar refractivity (Wildman–Crippen MR) is 58.0 cm³/mol. The van der Waals surface area contributed by atoms with Crippen molar-refractivity contribution in [2.24, 2.45) is 0 Å². The Morgan fingerprint density at radius 3 is 2.42 bits per heavy atom. The van der Waals surface area contributed by atoms with Crippen LogP contribution in [0.2, 0.25) is 0 Å². The minimum absolute atomic E-state index is 0.507. The molecule has 74 valence electrons. The van der Waals surface area contributed by atoms with E-state index < -0.39 is 0 Å². The highest BCUT2D eigenvalue weighted by atomic mass is 79.9. The van der Waals surface area contributed by atoms with Crippen LogP contribution in [0, 0.1) is 0 Å². The first-order valence-corrected chi connectivity index (χ1v) is 6.14. The molecule has 0 saturated carbocycles. The molecule has 0 radical (unpaired) electrons. The van der Waals surface area contributed by atoms with Gasteiger partial charge < -0.3 is 4.74 Å². The number of rotatable bonds is 8. The Kier molecular flexibility index (Phi) is 9.88. The van der Waals surface area contributed by atoms with Crippen molar-refractivity contribution in [1.29, 1.82) is 0 Å². The Balaban J connectivity index is 3.40. The van der Waals surface area contributed by atoms with Gasteiger partial charge in [-0.3, -0.25) is 0 Å². The number of alkyl halides is 1. The van der Waals surface area contributed by atoms with Gasteiger partial charge in [0.25, 0.3) is 0 Å². The van der Waals surface area contributed by atoms with Crippen molar-refractivity contribution < 1.29 is 4.74 Å². The van der Waals surface area contributed by atoms with E-state index in [1.165, 1.54) is 25.7 Å². The number of hydrogen-bond donors (Lipinski definition) is 0. The lowest BCUT2D eigenvalue weighted by molar-refractivity contribution is 0.0414. The second-order valence-corrected chi connectivity index (χ2v) is 3.91. The van der Waals surface area contributed by atoms with E-state index in [1.807, 2.05) is 0 Å². The van der Waals surface area contributed by atoms with E-state index >= 15 is 0 Å². The molecule has 0 rings (SSSR count). The smallest absolute Gasteiger partial charge is 0.0575 e.